The summed E-state index contributed by atoms with van der Waals surface area (Å²) in [5.74, 6) is -0.0450. The summed E-state index contributed by atoms with van der Waals surface area (Å²) in [5.41, 5.74) is 0.441. The van der Waals surface area contributed by atoms with Gasteiger partial charge >= 0.3 is 0 Å². The summed E-state index contributed by atoms with van der Waals surface area (Å²) in [6, 6.07) is 1.82. The zero-order chi connectivity index (χ0) is 11.5. The number of hydrogen-bond acceptors (Lipinski definition) is 4. The van der Waals surface area contributed by atoms with E-state index < -0.39 is 0 Å². The first kappa shape index (κ1) is 10.9. The number of aromatic nitrogens is 1. The van der Waals surface area contributed by atoms with Crippen molar-refractivity contribution >= 4 is 5.91 Å². The van der Waals surface area contributed by atoms with Gasteiger partial charge in [-0.05, 0) is 19.5 Å². The van der Waals surface area contributed by atoms with Gasteiger partial charge in [0.05, 0.1) is 11.8 Å². The van der Waals surface area contributed by atoms with Gasteiger partial charge in [0.15, 0.2) is 0 Å². The standard InChI is InChI=1S/C11H15N3O2/c1-12-9-2-3-14(7-9)11(16)8-4-10(15)6-13-5-8/h4-6,9,12,15H,2-3,7H2,1H3. The third kappa shape index (κ3) is 2.14. The summed E-state index contributed by atoms with van der Waals surface area (Å²) >= 11 is 0. The van der Waals surface area contributed by atoms with E-state index in [0.717, 1.165) is 13.0 Å². The van der Waals surface area contributed by atoms with Crippen LogP contribution in [0.15, 0.2) is 18.5 Å². The number of carbonyl (C=O) groups is 1. The molecule has 1 aliphatic rings. The fourth-order valence-corrected chi connectivity index (χ4v) is 1.91. The third-order valence-corrected chi connectivity index (χ3v) is 2.85. The minimum absolute atomic E-state index is 0.0233. The van der Waals surface area contributed by atoms with E-state index in [1.54, 1.807) is 4.90 Å². The lowest BCUT2D eigenvalue weighted by molar-refractivity contribution is 0.0789. The second-order valence-electron chi connectivity index (χ2n) is 3.96. The molecule has 2 heterocycles. The van der Waals surface area contributed by atoms with Crippen LogP contribution in [0.3, 0.4) is 0 Å². The van der Waals surface area contributed by atoms with E-state index in [9.17, 15) is 9.90 Å². The van der Waals surface area contributed by atoms with E-state index in [1.807, 2.05) is 7.05 Å². The van der Waals surface area contributed by atoms with Crippen LogP contribution in [-0.4, -0.2) is 47.1 Å². The molecule has 0 aliphatic carbocycles. The smallest absolute Gasteiger partial charge is 0.255 e. The Morgan fingerprint density at radius 1 is 1.62 bits per heavy atom. The second-order valence-corrected chi connectivity index (χ2v) is 3.96. The van der Waals surface area contributed by atoms with E-state index in [-0.39, 0.29) is 11.7 Å². The number of nitrogens with one attached hydrogen (secondary N) is 1. The average molecular weight is 221 g/mol. The highest BCUT2D eigenvalue weighted by molar-refractivity contribution is 5.94. The van der Waals surface area contributed by atoms with E-state index in [1.165, 1.54) is 18.5 Å². The first-order valence-corrected chi connectivity index (χ1v) is 5.31. The third-order valence-electron chi connectivity index (χ3n) is 2.85. The summed E-state index contributed by atoms with van der Waals surface area (Å²) in [6.45, 7) is 1.46. The molecule has 1 aromatic heterocycles. The van der Waals surface area contributed by atoms with Crippen LogP contribution < -0.4 is 5.32 Å². The van der Waals surface area contributed by atoms with Crippen molar-refractivity contribution in [2.75, 3.05) is 20.1 Å². The molecule has 1 fully saturated rings. The van der Waals surface area contributed by atoms with E-state index in [0.29, 0.717) is 18.2 Å². The Morgan fingerprint density at radius 2 is 2.44 bits per heavy atom. The van der Waals surface area contributed by atoms with Gasteiger partial charge in [0.2, 0.25) is 0 Å². The molecule has 1 aliphatic heterocycles. The topological polar surface area (TPSA) is 65.5 Å². The number of carbonyl (C=O) groups excluding carboxylic acids is 1. The minimum Gasteiger partial charge on any atom is -0.506 e. The van der Waals surface area contributed by atoms with Crippen LogP contribution in [0.1, 0.15) is 16.8 Å². The Hall–Kier alpha value is -1.62. The monoisotopic (exact) mass is 221 g/mol. The van der Waals surface area contributed by atoms with Crippen molar-refractivity contribution < 1.29 is 9.90 Å². The number of rotatable bonds is 2. The number of aromatic hydroxyl groups is 1. The normalized spacial score (nSPS) is 20.1. The van der Waals surface area contributed by atoms with Crippen molar-refractivity contribution in [2.24, 2.45) is 0 Å². The molecule has 5 heteroatoms. The Bertz CT molecular complexity index is 395. The highest BCUT2D eigenvalue weighted by atomic mass is 16.3. The fraction of sp³-hybridized carbons (Fsp3) is 0.455. The molecule has 86 valence electrons. The molecular formula is C11H15N3O2. The Kier molecular flexibility index (Phi) is 3.05. The molecule has 1 saturated heterocycles. The van der Waals surface area contributed by atoms with Gasteiger partial charge in [-0.25, -0.2) is 0 Å². The molecule has 1 unspecified atom stereocenters. The quantitative estimate of drug-likeness (QED) is 0.750. The highest BCUT2D eigenvalue weighted by Crippen LogP contribution is 2.15. The summed E-state index contributed by atoms with van der Waals surface area (Å²) in [5, 5.41) is 12.4. The Labute approximate surface area is 94.1 Å². The SMILES string of the molecule is CNC1CCN(C(=O)c2cncc(O)c2)C1. The molecule has 1 amide bonds. The average Bonchev–Trinajstić information content (AvgIpc) is 2.76. The molecule has 16 heavy (non-hydrogen) atoms. The summed E-state index contributed by atoms with van der Waals surface area (Å²) < 4.78 is 0. The summed E-state index contributed by atoms with van der Waals surface area (Å²) in [4.78, 5) is 17.6. The molecule has 2 N–H and O–H groups in total. The lowest BCUT2D eigenvalue weighted by Gasteiger charge is -2.16. The number of pyridine rings is 1. The van der Waals surface area contributed by atoms with Crippen LogP contribution in [0.4, 0.5) is 0 Å². The number of nitrogens with zero attached hydrogens (tertiary/aromatic N) is 2. The molecule has 1 atom stereocenters. The van der Waals surface area contributed by atoms with Crippen molar-refractivity contribution in [2.45, 2.75) is 12.5 Å². The highest BCUT2D eigenvalue weighted by Gasteiger charge is 2.25. The van der Waals surface area contributed by atoms with Gasteiger partial charge < -0.3 is 15.3 Å². The second kappa shape index (κ2) is 4.49. The van der Waals surface area contributed by atoms with Gasteiger partial charge in [-0.3, -0.25) is 9.78 Å². The van der Waals surface area contributed by atoms with E-state index in [4.69, 9.17) is 0 Å². The first-order valence-electron chi connectivity index (χ1n) is 5.31. The molecule has 0 aromatic carbocycles. The zero-order valence-corrected chi connectivity index (χ0v) is 9.18. The molecule has 0 saturated carbocycles. The first-order chi connectivity index (χ1) is 7.70. The lowest BCUT2D eigenvalue weighted by atomic mass is 10.2. The maximum absolute atomic E-state index is 12.0. The predicted octanol–water partition coefficient (Wildman–Crippen LogP) is 0.221. The van der Waals surface area contributed by atoms with Crippen LogP contribution in [0.5, 0.6) is 5.75 Å². The maximum Gasteiger partial charge on any atom is 0.255 e. The number of likely N-dealkylation sites (N-methyl/N-ethyl adjacent to an activating group) is 1. The Morgan fingerprint density at radius 3 is 3.06 bits per heavy atom. The number of amides is 1. The number of hydrogen-bond donors (Lipinski definition) is 2. The van der Waals surface area contributed by atoms with Gasteiger partial charge in [0, 0.05) is 25.3 Å². The van der Waals surface area contributed by atoms with Crippen molar-refractivity contribution in [1.82, 2.24) is 15.2 Å². The van der Waals surface area contributed by atoms with E-state index >= 15 is 0 Å². The summed E-state index contributed by atoms with van der Waals surface area (Å²) in [6.07, 6.45) is 3.76. The van der Waals surface area contributed by atoms with Crippen molar-refractivity contribution in [1.29, 1.82) is 0 Å². The minimum atomic E-state index is -0.0684. The van der Waals surface area contributed by atoms with Crippen LogP contribution in [0.2, 0.25) is 0 Å². The van der Waals surface area contributed by atoms with Crippen LogP contribution in [0, 0.1) is 0 Å². The lowest BCUT2D eigenvalue weighted by Crippen LogP contribution is -2.33. The predicted molar refractivity (Wildman–Crippen MR) is 59.3 cm³/mol. The number of likely N-dealkylation sites (tertiary alicyclic amines) is 1. The molecule has 5 nitrogen and oxygen atoms in total. The van der Waals surface area contributed by atoms with E-state index in [2.05, 4.69) is 10.3 Å². The molecule has 0 bridgehead atoms. The van der Waals surface area contributed by atoms with Crippen molar-refractivity contribution in [3.8, 4) is 5.75 Å². The van der Waals surface area contributed by atoms with Gasteiger partial charge in [0.1, 0.15) is 5.75 Å². The van der Waals surface area contributed by atoms with Crippen LogP contribution >= 0.6 is 0 Å². The van der Waals surface area contributed by atoms with Crippen LogP contribution in [-0.2, 0) is 0 Å². The maximum atomic E-state index is 12.0. The van der Waals surface area contributed by atoms with Gasteiger partial charge in [-0.1, -0.05) is 0 Å². The molecule has 2 rings (SSSR count). The largest absolute Gasteiger partial charge is 0.506 e. The fourth-order valence-electron chi connectivity index (χ4n) is 1.91. The van der Waals surface area contributed by atoms with Crippen LogP contribution in [0.25, 0.3) is 0 Å². The Balaban J connectivity index is 2.08. The van der Waals surface area contributed by atoms with Gasteiger partial charge in [-0.15, -0.1) is 0 Å². The van der Waals surface area contributed by atoms with Crippen molar-refractivity contribution in [3.05, 3.63) is 24.0 Å². The van der Waals surface area contributed by atoms with Gasteiger partial charge in [0.25, 0.3) is 5.91 Å². The molecule has 0 spiro atoms. The summed E-state index contributed by atoms with van der Waals surface area (Å²) in [7, 11) is 1.90. The molecule has 0 radical (unpaired) electrons. The van der Waals surface area contributed by atoms with Gasteiger partial charge in [-0.2, -0.15) is 0 Å². The zero-order valence-electron chi connectivity index (χ0n) is 9.18. The molecular weight excluding hydrogens is 206 g/mol. The molecule has 1 aromatic rings. The van der Waals surface area contributed by atoms with Crippen molar-refractivity contribution in [3.63, 3.8) is 0 Å².